The SMILES string of the molecule is CN(C)c1ccc(N=Nc2cccc(C(C)(C)C)c2O)cc1.[Cl][Zr][Cl]. The van der Waals surface area contributed by atoms with E-state index in [1.54, 1.807) is 6.07 Å². The maximum atomic E-state index is 10.4. The Morgan fingerprint density at radius 3 is 2.00 bits per heavy atom. The van der Waals surface area contributed by atoms with Gasteiger partial charge in [0.05, 0.1) is 5.69 Å². The van der Waals surface area contributed by atoms with Crippen molar-refractivity contribution >= 4 is 34.1 Å². The van der Waals surface area contributed by atoms with Crippen molar-refractivity contribution in [3.8, 4) is 5.75 Å². The Morgan fingerprint density at radius 1 is 0.960 bits per heavy atom. The molecule has 0 saturated heterocycles. The van der Waals surface area contributed by atoms with Gasteiger partial charge in [-0.3, -0.25) is 0 Å². The Morgan fingerprint density at radius 2 is 1.52 bits per heavy atom. The number of aromatic hydroxyl groups is 1. The average Bonchev–Trinajstić information content (AvgIpc) is 2.54. The van der Waals surface area contributed by atoms with Crippen LogP contribution in [0.3, 0.4) is 0 Å². The van der Waals surface area contributed by atoms with Gasteiger partial charge in [-0.15, -0.1) is 5.11 Å². The number of benzene rings is 2. The summed E-state index contributed by atoms with van der Waals surface area (Å²) in [4.78, 5) is 2.03. The van der Waals surface area contributed by atoms with E-state index in [9.17, 15) is 5.11 Å². The minimum atomic E-state index is -0.826. The molecule has 0 bridgehead atoms. The molecular weight excluding hydrogens is 436 g/mol. The van der Waals surface area contributed by atoms with Crippen LogP contribution in [0.25, 0.3) is 0 Å². The number of phenols is 1. The Hall–Kier alpha value is -0.897. The van der Waals surface area contributed by atoms with Crippen LogP contribution in [0.2, 0.25) is 0 Å². The summed E-state index contributed by atoms with van der Waals surface area (Å²) in [6.45, 7) is 6.18. The van der Waals surface area contributed by atoms with E-state index >= 15 is 0 Å². The van der Waals surface area contributed by atoms with Gasteiger partial charge in [-0.25, -0.2) is 0 Å². The number of halogens is 2. The van der Waals surface area contributed by atoms with E-state index in [1.165, 1.54) is 0 Å². The first-order valence-corrected chi connectivity index (χ1v) is 14.0. The number of hydrogen-bond donors (Lipinski definition) is 1. The summed E-state index contributed by atoms with van der Waals surface area (Å²) in [7, 11) is 13.9. The third kappa shape index (κ3) is 7.09. The summed E-state index contributed by atoms with van der Waals surface area (Å²) in [5, 5.41) is 18.8. The Bertz CT molecular complexity index is 698. The number of para-hydroxylation sites is 1. The molecule has 0 aliphatic carbocycles. The fraction of sp³-hybridized carbons (Fsp3) is 0.333. The molecule has 2 rings (SSSR count). The number of hydrogen-bond acceptors (Lipinski definition) is 4. The molecule has 0 aromatic heterocycles. The second-order valence-electron chi connectivity index (χ2n) is 6.61. The van der Waals surface area contributed by atoms with Crippen LogP contribution < -0.4 is 4.90 Å². The normalized spacial score (nSPS) is 11.0. The second kappa shape index (κ2) is 10.3. The van der Waals surface area contributed by atoms with Crippen molar-refractivity contribution in [2.75, 3.05) is 19.0 Å². The molecule has 0 aliphatic rings. The van der Waals surface area contributed by atoms with Crippen molar-refractivity contribution in [3.63, 3.8) is 0 Å². The van der Waals surface area contributed by atoms with E-state index in [4.69, 9.17) is 17.0 Å². The van der Waals surface area contributed by atoms with E-state index in [0.717, 1.165) is 16.9 Å². The van der Waals surface area contributed by atoms with Gasteiger partial charge < -0.3 is 10.0 Å². The molecule has 0 saturated carbocycles. The van der Waals surface area contributed by atoms with Crippen LogP contribution in [0.15, 0.2) is 52.7 Å². The Balaban J connectivity index is 0.000000970. The minimum absolute atomic E-state index is 0.136. The average molecular weight is 460 g/mol. The van der Waals surface area contributed by atoms with Crippen molar-refractivity contribution < 1.29 is 26.0 Å². The molecule has 2 aromatic carbocycles. The summed E-state index contributed by atoms with van der Waals surface area (Å²) >= 11 is -0.826. The third-order valence-electron chi connectivity index (χ3n) is 3.46. The number of phenolic OH excluding ortho intramolecular Hbond substituents is 1. The monoisotopic (exact) mass is 457 g/mol. The van der Waals surface area contributed by atoms with E-state index in [0.29, 0.717) is 5.69 Å². The summed E-state index contributed by atoms with van der Waals surface area (Å²) in [6.07, 6.45) is 0. The van der Waals surface area contributed by atoms with Crippen molar-refractivity contribution in [1.82, 2.24) is 0 Å². The van der Waals surface area contributed by atoms with Crippen LogP contribution in [0.4, 0.5) is 17.1 Å². The first-order chi connectivity index (χ1) is 11.7. The van der Waals surface area contributed by atoms with Gasteiger partial charge in [0.15, 0.2) is 0 Å². The molecule has 4 nitrogen and oxygen atoms in total. The molecule has 0 aliphatic heterocycles. The zero-order valence-electron chi connectivity index (χ0n) is 15.1. The van der Waals surface area contributed by atoms with E-state index in [2.05, 4.69) is 31.0 Å². The second-order valence-corrected chi connectivity index (χ2v) is 10.3. The van der Waals surface area contributed by atoms with Crippen molar-refractivity contribution in [3.05, 3.63) is 48.0 Å². The van der Waals surface area contributed by atoms with Crippen molar-refractivity contribution in [1.29, 1.82) is 0 Å². The van der Waals surface area contributed by atoms with Gasteiger partial charge >= 0.3 is 37.9 Å². The Kier molecular flexibility index (Phi) is 9.12. The number of nitrogens with zero attached hydrogens (tertiary/aromatic N) is 3. The van der Waals surface area contributed by atoms with Gasteiger partial charge in [-0.2, -0.15) is 5.11 Å². The summed E-state index contributed by atoms with van der Waals surface area (Å²) in [5.41, 5.74) is 3.09. The summed E-state index contributed by atoms with van der Waals surface area (Å²) < 4.78 is 0. The maximum absolute atomic E-state index is 10.4. The molecular formula is C18H23Cl2N3OZr. The van der Waals surface area contributed by atoms with Crippen LogP contribution in [0, 0.1) is 0 Å². The van der Waals surface area contributed by atoms with Crippen LogP contribution >= 0.6 is 17.0 Å². The fourth-order valence-corrected chi connectivity index (χ4v) is 2.15. The molecule has 0 unspecified atom stereocenters. The number of rotatable bonds is 3. The first kappa shape index (κ1) is 22.1. The fourth-order valence-electron chi connectivity index (χ4n) is 2.15. The van der Waals surface area contributed by atoms with Gasteiger partial charge in [-0.1, -0.05) is 32.9 Å². The van der Waals surface area contributed by atoms with Gasteiger partial charge in [0.25, 0.3) is 0 Å². The molecule has 0 atom stereocenters. The molecule has 0 spiro atoms. The van der Waals surface area contributed by atoms with Crippen LogP contribution in [-0.2, 0) is 26.3 Å². The molecule has 25 heavy (non-hydrogen) atoms. The molecule has 0 radical (unpaired) electrons. The molecule has 7 heteroatoms. The number of anilines is 1. The standard InChI is InChI=1S/C18H23N3O.2ClH.Zr/c1-18(2,3)15-7-6-8-16(17(15)22)20-19-13-9-11-14(12-10-13)21(4)5;;;/h6-12,22H,1-5H3;2*1H;/q;;;+2/p-2. The summed E-state index contributed by atoms with van der Waals surface area (Å²) in [5.74, 6) is 0.198. The molecule has 0 amide bonds. The number of azo groups is 1. The zero-order valence-corrected chi connectivity index (χ0v) is 19.1. The predicted octanol–water partition coefficient (Wildman–Crippen LogP) is 6.55. The van der Waals surface area contributed by atoms with Gasteiger partial charge in [0, 0.05) is 25.3 Å². The van der Waals surface area contributed by atoms with Crippen LogP contribution in [0.1, 0.15) is 26.3 Å². The van der Waals surface area contributed by atoms with E-state index < -0.39 is 20.8 Å². The van der Waals surface area contributed by atoms with Gasteiger partial charge in [-0.05, 0) is 35.7 Å². The van der Waals surface area contributed by atoms with Gasteiger partial charge in [0.2, 0.25) is 0 Å². The predicted molar refractivity (Wildman–Crippen MR) is 103 cm³/mol. The first-order valence-electron chi connectivity index (χ1n) is 7.68. The van der Waals surface area contributed by atoms with Gasteiger partial charge in [0.1, 0.15) is 11.4 Å². The molecule has 0 fully saturated rings. The molecule has 134 valence electrons. The third-order valence-corrected chi connectivity index (χ3v) is 3.46. The zero-order chi connectivity index (χ0) is 19.0. The summed E-state index contributed by atoms with van der Waals surface area (Å²) in [6, 6.07) is 13.4. The van der Waals surface area contributed by atoms with Crippen molar-refractivity contribution in [2.45, 2.75) is 26.2 Å². The van der Waals surface area contributed by atoms with E-state index in [-0.39, 0.29) is 11.2 Å². The van der Waals surface area contributed by atoms with Crippen LogP contribution in [-0.4, -0.2) is 19.2 Å². The Labute approximate surface area is 168 Å². The van der Waals surface area contributed by atoms with Crippen LogP contribution in [0.5, 0.6) is 5.75 Å². The van der Waals surface area contributed by atoms with Crippen molar-refractivity contribution in [2.24, 2.45) is 10.2 Å². The molecule has 1 N–H and O–H groups in total. The molecule has 0 heterocycles. The quantitative estimate of drug-likeness (QED) is 0.529. The van der Waals surface area contributed by atoms with E-state index in [1.807, 2.05) is 55.4 Å². The topological polar surface area (TPSA) is 48.2 Å². The molecule has 2 aromatic rings.